The number of likely N-dealkylation sites (N-methyl/N-ethyl adjacent to an activating group) is 2. The van der Waals surface area contributed by atoms with Gasteiger partial charge in [0.2, 0.25) is 5.91 Å². The SMILES string of the molecule is CN1CCN(C(=O)CN(C)CC(N)=S)CC1. The van der Waals surface area contributed by atoms with Crippen LogP contribution in [0.1, 0.15) is 0 Å². The minimum absolute atomic E-state index is 0.159. The summed E-state index contributed by atoms with van der Waals surface area (Å²) in [5.41, 5.74) is 5.42. The predicted octanol–water partition coefficient (Wildman–Crippen LogP) is -1.02. The third-order valence-electron chi connectivity index (χ3n) is 2.69. The van der Waals surface area contributed by atoms with Crippen molar-refractivity contribution in [1.82, 2.24) is 14.7 Å². The van der Waals surface area contributed by atoms with Crippen LogP contribution >= 0.6 is 12.2 Å². The molecule has 92 valence electrons. The summed E-state index contributed by atoms with van der Waals surface area (Å²) in [5, 5.41) is 0. The summed E-state index contributed by atoms with van der Waals surface area (Å²) >= 11 is 4.80. The molecule has 0 bridgehead atoms. The molecule has 0 aromatic heterocycles. The largest absolute Gasteiger partial charge is 0.392 e. The zero-order valence-corrected chi connectivity index (χ0v) is 10.8. The molecule has 0 radical (unpaired) electrons. The summed E-state index contributed by atoms with van der Waals surface area (Å²) in [6, 6.07) is 0. The molecular formula is C10H20N4OS. The minimum atomic E-state index is 0.159. The Morgan fingerprint density at radius 3 is 2.38 bits per heavy atom. The normalized spacial score (nSPS) is 17.8. The van der Waals surface area contributed by atoms with Crippen LogP contribution in [0.2, 0.25) is 0 Å². The molecule has 1 saturated heterocycles. The molecule has 0 aromatic carbocycles. The van der Waals surface area contributed by atoms with E-state index in [1.54, 1.807) is 0 Å². The number of thiocarbonyl (C=S) groups is 1. The van der Waals surface area contributed by atoms with Crippen molar-refractivity contribution >= 4 is 23.1 Å². The summed E-state index contributed by atoms with van der Waals surface area (Å²) in [6.45, 7) is 4.41. The molecule has 1 aliphatic rings. The first kappa shape index (κ1) is 13.3. The molecule has 1 rings (SSSR count). The average Bonchev–Trinajstić information content (AvgIpc) is 2.16. The smallest absolute Gasteiger partial charge is 0.236 e. The summed E-state index contributed by atoms with van der Waals surface area (Å²) in [4.78, 5) is 18.3. The zero-order chi connectivity index (χ0) is 12.1. The van der Waals surface area contributed by atoms with Gasteiger partial charge in [-0.3, -0.25) is 9.69 Å². The van der Waals surface area contributed by atoms with Crippen molar-refractivity contribution < 1.29 is 4.79 Å². The topological polar surface area (TPSA) is 52.8 Å². The van der Waals surface area contributed by atoms with E-state index in [9.17, 15) is 4.79 Å². The molecule has 0 spiro atoms. The number of piperazine rings is 1. The van der Waals surface area contributed by atoms with Crippen LogP contribution in [0.5, 0.6) is 0 Å². The number of nitrogens with zero attached hydrogens (tertiary/aromatic N) is 3. The fourth-order valence-corrected chi connectivity index (χ4v) is 1.93. The molecule has 1 fully saturated rings. The molecule has 5 nitrogen and oxygen atoms in total. The van der Waals surface area contributed by atoms with Gasteiger partial charge in [-0.15, -0.1) is 0 Å². The fourth-order valence-electron chi connectivity index (χ4n) is 1.71. The van der Waals surface area contributed by atoms with Crippen LogP contribution in [0.3, 0.4) is 0 Å². The van der Waals surface area contributed by atoms with E-state index in [2.05, 4.69) is 11.9 Å². The standard InChI is InChI=1S/C10H20N4OS/c1-12-3-5-14(6-4-12)10(15)8-13(2)7-9(11)16/h3-8H2,1-2H3,(H2,11,16). The molecule has 6 heteroatoms. The summed E-state index contributed by atoms with van der Waals surface area (Å²) in [7, 11) is 3.92. The van der Waals surface area contributed by atoms with Gasteiger partial charge in [0.1, 0.15) is 0 Å². The third-order valence-corrected chi connectivity index (χ3v) is 2.82. The minimum Gasteiger partial charge on any atom is -0.392 e. The fraction of sp³-hybridized carbons (Fsp3) is 0.800. The van der Waals surface area contributed by atoms with E-state index in [0.717, 1.165) is 26.2 Å². The van der Waals surface area contributed by atoms with E-state index >= 15 is 0 Å². The molecule has 1 amide bonds. The maximum absolute atomic E-state index is 11.9. The van der Waals surface area contributed by atoms with Crippen LogP contribution in [0.25, 0.3) is 0 Å². The van der Waals surface area contributed by atoms with Gasteiger partial charge in [-0.05, 0) is 14.1 Å². The van der Waals surface area contributed by atoms with Gasteiger partial charge >= 0.3 is 0 Å². The van der Waals surface area contributed by atoms with E-state index < -0.39 is 0 Å². The van der Waals surface area contributed by atoms with Crippen LogP contribution in [0, 0.1) is 0 Å². The number of hydrogen-bond donors (Lipinski definition) is 1. The Morgan fingerprint density at radius 1 is 1.31 bits per heavy atom. The highest BCUT2D eigenvalue weighted by molar-refractivity contribution is 7.80. The van der Waals surface area contributed by atoms with Crippen LogP contribution in [0.15, 0.2) is 0 Å². The second-order valence-electron chi connectivity index (χ2n) is 4.32. The van der Waals surface area contributed by atoms with Gasteiger partial charge in [0.15, 0.2) is 0 Å². The van der Waals surface area contributed by atoms with Gasteiger partial charge < -0.3 is 15.5 Å². The lowest BCUT2D eigenvalue weighted by Gasteiger charge is -2.33. The van der Waals surface area contributed by atoms with Crippen molar-refractivity contribution in [1.29, 1.82) is 0 Å². The first-order valence-corrected chi connectivity index (χ1v) is 5.83. The van der Waals surface area contributed by atoms with Gasteiger partial charge in [0.25, 0.3) is 0 Å². The van der Waals surface area contributed by atoms with Crippen molar-refractivity contribution in [2.75, 3.05) is 53.4 Å². The number of nitrogens with two attached hydrogens (primary N) is 1. The van der Waals surface area contributed by atoms with Crippen molar-refractivity contribution in [3.63, 3.8) is 0 Å². The van der Waals surface area contributed by atoms with Crippen molar-refractivity contribution in [2.45, 2.75) is 0 Å². The number of hydrogen-bond acceptors (Lipinski definition) is 4. The lowest BCUT2D eigenvalue weighted by atomic mass is 10.3. The maximum atomic E-state index is 11.9. The summed E-state index contributed by atoms with van der Waals surface area (Å²) < 4.78 is 0. The lowest BCUT2D eigenvalue weighted by molar-refractivity contribution is -0.133. The molecular weight excluding hydrogens is 224 g/mol. The Balaban J connectivity index is 2.32. The molecule has 2 N–H and O–H groups in total. The van der Waals surface area contributed by atoms with Gasteiger partial charge in [-0.1, -0.05) is 12.2 Å². The van der Waals surface area contributed by atoms with Gasteiger partial charge in [-0.2, -0.15) is 0 Å². The molecule has 0 aromatic rings. The van der Waals surface area contributed by atoms with E-state index in [1.807, 2.05) is 16.8 Å². The zero-order valence-electron chi connectivity index (χ0n) is 9.98. The second kappa shape index (κ2) is 6.12. The lowest BCUT2D eigenvalue weighted by Crippen LogP contribution is -2.50. The molecule has 0 unspecified atom stereocenters. The number of carbonyl (C=O) groups is 1. The van der Waals surface area contributed by atoms with Gasteiger partial charge in [0, 0.05) is 32.7 Å². The van der Waals surface area contributed by atoms with E-state index in [1.165, 1.54) is 0 Å². The highest BCUT2D eigenvalue weighted by Gasteiger charge is 2.19. The Bertz CT molecular complexity index is 264. The molecule has 16 heavy (non-hydrogen) atoms. The summed E-state index contributed by atoms with van der Waals surface area (Å²) in [6.07, 6.45) is 0. The van der Waals surface area contributed by atoms with Crippen LogP contribution in [-0.2, 0) is 4.79 Å². The Labute approximate surface area is 102 Å². The first-order chi connectivity index (χ1) is 7.49. The molecule has 0 atom stereocenters. The van der Waals surface area contributed by atoms with Crippen molar-refractivity contribution in [2.24, 2.45) is 5.73 Å². The van der Waals surface area contributed by atoms with E-state index in [0.29, 0.717) is 18.1 Å². The Morgan fingerprint density at radius 2 is 1.88 bits per heavy atom. The monoisotopic (exact) mass is 244 g/mol. The second-order valence-corrected chi connectivity index (χ2v) is 4.85. The van der Waals surface area contributed by atoms with Crippen LogP contribution in [-0.4, -0.2) is 79.0 Å². The number of carbonyl (C=O) groups excluding carboxylic acids is 1. The quantitative estimate of drug-likeness (QED) is 0.642. The number of rotatable bonds is 4. The third kappa shape index (κ3) is 4.42. The molecule has 1 heterocycles. The van der Waals surface area contributed by atoms with Crippen LogP contribution < -0.4 is 5.73 Å². The highest BCUT2D eigenvalue weighted by Crippen LogP contribution is 2.00. The molecule has 0 aliphatic carbocycles. The maximum Gasteiger partial charge on any atom is 0.236 e. The van der Waals surface area contributed by atoms with E-state index in [4.69, 9.17) is 18.0 Å². The molecule has 0 saturated carbocycles. The summed E-state index contributed by atoms with van der Waals surface area (Å²) in [5.74, 6) is 0.159. The average molecular weight is 244 g/mol. The van der Waals surface area contributed by atoms with Crippen LogP contribution in [0.4, 0.5) is 0 Å². The molecule has 1 aliphatic heterocycles. The first-order valence-electron chi connectivity index (χ1n) is 5.42. The Hall–Kier alpha value is -0.720. The van der Waals surface area contributed by atoms with Crippen molar-refractivity contribution in [3.8, 4) is 0 Å². The Kier molecular flexibility index (Phi) is 5.11. The van der Waals surface area contributed by atoms with Gasteiger partial charge in [-0.25, -0.2) is 0 Å². The van der Waals surface area contributed by atoms with E-state index in [-0.39, 0.29) is 5.91 Å². The predicted molar refractivity (Wildman–Crippen MR) is 68.4 cm³/mol. The van der Waals surface area contributed by atoms with Gasteiger partial charge in [0.05, 0.1) is 11.5 Å². The highest BCUT2D eigenvalue weighted by atomic mass is 32.1. The van der Waals surface area contributed by atoms with Crippen molar-refractivity contribution in [3.05, 3.63) is 0 Å². The number of amides is 1.